The van der Waals surface area contributed by atoms with Gasteiger partial charge in [-0.05, 0) is 24.6 Å². The van der Waals surface area contributed by atoms with E-state index in [1.165, 1.54) is 11.8 Å². The van der Waals surface area contributed by atoms with Crippen molar-refractivity contribution in [1.82, 2.24) is 5.32 Å². The Morgan fingerprint density at radius 1 is 1.60 bits per heavy atom. The Bertz CT molecular complexity index is 655. The minimum atomic E-state index is -0.916. The van der Waals surface area contributed by atoms with Gasteiger partial charge in [0.2, 0.25) is 5.91 Å². The molecule has 0 aromatic heterocycles. The molecule has 20 heavy (non-hydrogen) atoms. The standard InChI is InChI=1S/C14H11ClN2O2S/c1-2-7-16-13(19)14-6-5-12(18)17(14)10-8-9(15)3-4-11(10)20-14/h1,3-4,8H,5-7H2,(H,16,19). The summed E-state index contributed by atoms with van der Waals surface area (Å²) in [4.78, 5) is 26.1. The molecule has 6 heteroatoms. The molecule has 1 atom stereocenters. The second-order valence-electron chi connectivity index (χ2n) is 4.61. The second-order valence-corrected chi connectivity index (χ2v) is 6.37. The van der Waals surface area contributed by atoms with Crippen molar-refractivity contribution in [1.29, 1.82) is 0 Å². The maximum absolute atomic E-state index is 12.5. The number of thioether (sulfide) groups is 1. The van der Waals surface area contributed by atoms with E-state index in [0.717, 1.165) is 4.90 Å². The van der Waals surface area contributed by atoms with Crippen LogP contribution >= 0.6 is 23.4 Å². The van der Waals surface area contributed by atoms with E-state index in [4.69, 9.17) is 18.0 Å². The first kappa shape index (κ1) is 13.3. The summed E-state index contributed by atoms with van der Waals surface area (Å²) >= 11 is 7.39. The Kier molecular flexibility index (Phi) is 3.15. The van der Waals surface area contributed by atoms with Gasteiger partial charge in [0.25, 0.3) is 5.91 Å². The number of halogens is 1. The third kappa shape index (κ3) is 1.80. The molecule has 1 aromatic carbocycles. The zero-order valence-electron chi connectivity index (χ0n) is 10.5. The number of nitrogens with zero attached hydrogens (tertiary/aromatic N) is 1. The van der Waals surface area contributed by atoms with Crippen LogP contribution in [0.5, 0.6) is 0 Å². The summed E-state index contributed by atoms with van der Waals surface area (Å²) in [6, 6.07) is 5.32. The molecule has 2 aliphatic heterocycles. The van der Waals surface area contributed by atoms with Gasteiger partial charge in [0.1, 0.15) is 0 Å². The van der Waals surface area contributed by atoms with Crippen LogP contribution in [0, 0.1) is 12.3 Å². The highest BCUT2D eigenvalue weighted by molar-refractivity contribution is 8.02. The maximum Gasteiger partial charge on any atom is 0.258 e. The summed E-state index contributed by atoms with van der Waals surface area (Å²) in [5.41, 5.74) is 0.709. The number of hydrogen-bond donors (Lipinski definition) is 1. The summed E-state index contributed by atoms with van der Waals surface area (Å²) in [5.74, 6) is 2.09. The molecule has 1 saturated heterocycles. The fraction of sp³-hybridized carbons (Fsp3) is 0.286. The van der Waals surface area contributed by atoms with Crippen molar-refractivity contribution in [3.63, 3.8) is 0 Å². The minimum Gasteiger partial charge on any atom is -0.342 e. The predicted molar refractivity (Wildman–Crippen MR) is 78.6 cm³/mol. The molecule has 1 unspecified atom stereocenters. The molecular formula is C14H11ClN2O2S. The highest BCUT2D eigenvalue weighted by atomic mass is 35.5. The molecule has 1 aromatic rings. The van der Waals surface area contributed by atoms with E-state index in [0.29, 0.717) is 23.6 Å². The number of amides is 2. The van der Waals surface area contributed by atoms with Gasteiger partial charge in [-0.3, -0.25) is 14.5 Å². The van der Waals surface area contributed by atoms with Crippen molar-refractivity contribution in [3.8, 4) is 12.3 Å². The molecule has 102 valence electrons. The lowest BCUT2D eigenvalue weighted by Crippen LogP contribution is -2.52. The lowest BCUT2D eigenvalue weighted by atomic mass is 10.2. The largest absolute Gasteiger partial charge is 0.342 e. The molecule has 0 radical (unpaired) electrons. The Balaban J connectivity index is 2.03. The Morgan fingerprint density at radius 3 is 3.15 bits per heavy atom. The van der Waals surface area contributed by atoms with E-state index < -0.39 is 4.87 Å². The normalized spacial score (nSPS) is 23.2. The van der Waals surface area contributed by atoms with Crippen molar-refractivity contribution < 1.29 is 9.59 Å². The molecule has 0 saturated carbocycles. The second kappa shape index (κ2) is 4.72. The minimum absolute atomic E-state index is 0.0608. The molecule has 2 amide bonds. The monoisotopic (exact) mass is 306 g/mol. The zero-order valence-corrected chi connectivity index (χ0v) is 12.1. The van der Waals surface area contributed by atoms with E-state index in [-0.39, 0.29) is 18.4 Å². The zero-order chi connectivity index (χ0) is 14.3. The van der Waals surface area contributed by atoms with Crippen LogP contribution in [-0.2, 0) is 9.59 Å². The highest BCUT2D eigenvalue weighted by Crippen LogP contribution is 2.56. The summed E-state index contributed by atoms with van der Waals surface area (Å²) in [6.07, 6.45) is 5.99. The molecular weight excluding hydrogens is 296 g/mol. The van der Waals surface area contributed by atoms with Gasteiger partial charge in [0, 0.05) is 16.3 Å². The molecule has 1 N–H and O–H groups in total. The molecule has 2 aliphatic rings. The first-order chi connectivity index (χ1) is 9.58. The number of carbonyl (C=O) groups excluding carboxylic acids is 2. The van der Waals surface area contributed by atoms with Crippen LogP contribution in [0.4, 0.5) is 5.69 Å². The summed E-state index contributed by atoms with van der Waals surface area (Å²) in [7, 11) is 0. The molecule has 2 heterocycles. The number of fused-ring (bicyclic) bond motifs is 3. The smallest absolute Gasteiger partial charge is 0.258 e. The van der Waals surface area contributed by atoms with Crippen LogP contribution in [0.25, 0.3) is 0 Å². The lowest BCUT2D eigenvalue weighted by molar-refractivity contribution is -0.124. The predicted octanol–water partition coefficient (Wildman–Crippen LogP) is 2.02. The number of hydrogen-bond acceptors (Lipinski definition) is 3. The average molecular weight is 307 g/mol. The van der Waals surface area contributed by atoms with E-state index in [2.05, 4.69) is 11.2 Å². The molecule has 4 nitrogen and oxygen atoms in total. The maximum atomic E-state index is 12.5. The van der Waals surface area contributed by atoms with Crippen molar-refractivity contribution in [2.24, 2.45) is 0 Å². The van der Waals surface area contributed by atoms with Crippen LogP contribution in [0.3, 0.4) is 0 Å². The van der Waals surface area contributed by atoms with Gasteiger partial charge in [-0.25, -0.2) is 0 Å². The van der Waals surface area contributed by atoms with Gasteiger partial charge < -0.3 is 5.32 Å². The van der Waals surface area contributed by atoms with Gasteiger partial charge in [-0.1, -0.05) is 29.3 Å². The number of terminal acetylenes is 1. The van der Waals surface area contributed by atoms with E-state index in [1.807, 2.05) is 6.07 Å². The van der Waals surface area contributed by atoms with Gasteiger partial charge in [-0.2, -0.15) is 0 Å². The lowest BCUT2D eigenvalue weighted by Gasteiger charge is -2.29. The average Bonchev–Trinajstić information content (AvgIpc) is 2.93. The highest BCUT2D eigenvalue weighted by Gasteiger charge is 2.57. The number of rotatable bonds is 2. The first-order valence-electron chi connectivity index (χ1n) is 6.12. The number of nitrogens with one attached hydrogen (secondary N) is 1. The van der Waals surface area contributed by atoms with Crippen LogP contribution in [0.2, 0.25) is 5.02 Å². The van der Waals surface area contributed by atoms with Crippen LogP contribution in [0.1, 0.15) is 12.8 Å². The fourth-order valence-corrected chi connectivity index (χ4v) is 4.17. The van der Waals surface area contributed by atoms with E-state index >= 15 is 0 Å². The molecule has 0 spiro atoms. The van der Waals surface area contributed by atoms with Gasteiger partial charge in [-0.15, -0.1) is 6.42 Å². The summed E-state index contributed by atoms with van der Waals surface area (Å²) in [5, 5.41) is 3.23. The molecule has 0 aliphatic carbocycles. The third-order valence-electron chi connectivity index (χ3n) is 3.43. The Hall–Kier alpha value is -1.64. The quantitative estimate of drug-likeness (QED) is 0.851. The van der Waals surface area contributed by atoms with Crippen LogP contribution in [0.15, 0.2) is 23.1 Å². The first-order valence-corrected chi connectivity index (χ1v) is 7.31. The summed E-state index contributed by atoms with van der Waals surface area (Å²) in [6.45, 7) is 0.153. The number of carbonyl (C=O) groups is 2. The van der Waals surface area contributed by atoms with Crippen molar-refractivity contribution in [3.05, 3.63) is 23.2 Å². The van der Waals surface area contributed by atoms with Crippen molar-refractivity contribution >= 4 is 40.9 Å². The van der Waals surface area contributed by atoms with Crippen LogP contribution < -0.4 is 10.2 Å². The molecule has 3 rings (SSSR count). The van der Waals surface area contributed by atoms with Crippen molar-refractivity contribution in [2.45, 2.75) is 22.6 Å². The Labute approximate surface area is 125 Å². The molecule has 1 fully saturated rings. The van der Waals surface area contributed by atoms with Crippen LogP contribution in [-0.4, -0.2) is 23.2 Å². The van der Waals surface area contributed by atoms with Gasteiger partial charge >= 0.3 is 0 Å². The number of benzene rings is 1. The van der Waals surface area contributed by atoms with E-state index in [1.54, 1.807) is 17.0 Å². The SMILES string of the molecule is C#CCNC(=O)C12CCC(=O)N1c1cc(Cl)ccc1S2. The van der Waals surface area contributed by atoms with Gasteiger partial charge in [0.15, 0.2) is 4.87 Å². The van der Waals surface area contributed by atoms with E-state index in [9.17, 15) is 9.59 Å². The van der Waals surface area contributed by atoms with Gasteiger partial charge in [0.05, 0.1) is 12.2 Å². The molecule has 0 bridgehead atoms. The van der Waals surface area contributed by atoms with Crippen molar-refractivity contribution in [2.75, 3.05) is 11.4 Å². The fourth-order valence-electron chi connectivity index (χ4n) is 2.59. The summed E-state index contributed by atoms with van der Waals surface area (Å²) < 4.78 is 0. The number of anilines is 1. The Morgan fingerprint density at radius 2 is 2.40 bits per heavy atom. The third-order valence-corrected chi connectivity index (χ3v) is 5.14. The topological polar surface area (TPSA) is 49.4 Å².